The SMILES string of the molecule is COc1cc(NC2c3ccc(F)cc3OCC2N2CCOC(C)C2)n2nc(C(F)(F)F)nc2n1. The lowest BCUT2D eigenvalue weighted by atomic mass is 9.94. The minimum atomic E-state index is -4.74. The van der Waals surface area contributed by atoms with Gasteiger partial charge in [-0.2, -0.15) is 27.7 Å². The molecule has 0 aliphatic carbocycles. The van der Waals surface area contributed by atoms with Gasteiger partial charge in [0.2, 0.25) is 5.88 Å². The lowest BCUT2D eigenvalue weighted by Gasteiger charge is -2.43. The van der Waals surface area contributed by atoms with Crippen molar-refractivity contribution in [3.05, 3.63) is 41.5 Å². The number of fused-ring (bicyclic) bond motifs is 2. The highest BCUT2D eigenvalue weighted by atomic mass is 19.4. The van der Waals surface area contributed by atoms with E-state index in [2.05, 4.69) is 25.3 Å². The summed E-state index contributed by atoms with van der Waals surface area (Å²) in [5.74, 6) is -1.41. The standard InChI is InChI=1S/C21H22F4N6O3/c1-11-9-30(5-6-33-11)14-10-34-15-7-12(22)3-4-13(15)18(14)26-16-8-17(32-2)27-20-28-19(21(23,24)25)29-31(16)20/h3-4,7-8,11,14,18,26H,5-6,9-10H2,1-2H3. The van der Waals surface area contributed by atoms with Gasteiger partial charge in [-0.05, 0) is 13.0 Å². The van der Waals surface area contributed by atoms with Crippen LogP contribution in [0.4, 0.5) is 23.4 Å². The molecule has 1 fully saturated rings. The molecule has 34 heavy (non-hydrogen) atoms. The van der Waals surface area contributed by atoms with Gasteiger partial charge in [0, 0.05) is 30.8 Å². The van der Waals surface area contributed by atoms with Gasteiger partial charge in [-0.1, -0.05) is 6.07 Å². The molecule has 2 aromatic heterocycles. The first-order valence-electron chi connectivity index (χ1n) is 10.7. The molecule has 5 rings (SSSR count). The molecule has 4 heterocycles. The fourth-order valence-electron chi connectivity index (χ4n) is 4.34. The summed E-state index contributed by atoms with van der Waals surface area (Å²) in [5.41, 5.74) is 0.664. The van der Waals surface area contributed by atoms with E-state index < -0.39 is 23.9 Å². The molecular formula is C21H22F4N6O3. The third-order valence-electron chi connectivity index (χ3n) is 5.90. The maximum absolute atomic E-state index is 13.9. The third kappa shape index (κ3) is 4.20. The number of halogens is 4. The number of alkyl halides is 3. The van der Waals surface area contributed by atoms with Gasteiger partial charge < -0.3 is 19.5 Å². The summed E-state index contributed by atoms with van der Waals surface area (Å²) in [4.78, 5) is 9.69. The van der Waals surface area contributed by atoms with Crippen molar-refractivity contribution in [1.82, 2.24) is 24.5 Å². The average Bonchev–Trinajstić information content (AvgIpc) is 3.24. The molecule has 182 valence electrons. The molecule has 2 aliphatic rings. The minimum absolute atomic E-state index is 0.00130. The summed E-state index contributed by atoms with van der Waals surface area (Å²) in [6, 6.07) is 4.98. The van der Waals surface area contributed by atoms with Gasteiger partial charge >= 0.3 is 6.18 Å². The number of morpholine rings is 1. The molecule has 3 aromatic rings. The Labute approximate surface area is 191 Å². The van der Waals surface area contributed by atoms with Crippen LogP contribution in [-0.2, 0) is 10.9 Å². The van der Waals surface area contributed by atoms with Gasteiger partial charge in [0.1, 0.15) is 24.0 Å². The lowest BCUT2D eigenvalue weighted by molar-refractivity contribution is -0.144. The Balaban J connectivity index is 1.59. The van der Waals surface area contributed by atoms with Gasteiger partial charge in [0.05, 0.1) is 31.9 Å². The van der Waals surface area contributed by atoms with Gasteiger partial charge in [0.15, 0.2) is 0 Å². The Hall–Kier alpha value is -3.19. The van der Waals surface area contributed by atoms with E-state index in [-0.39, 0.29) is 36.2 Å². The van der Waals surface area contributed by atoms with Crippen LogP contribution in [0.3, 0.4) is 0 Å². The second-order valence-corrected chi connectivity index (χ2v) is 8.19. The van der Waals surface area contributed by atoms with Crippen molar-refractivity contribution in [2.24, 2.45) is 0 Å². The van der Waals surface area contributed by atoms with E-state index >= 15 is 0 Å². The van der Waals surface area contributed by atoms with Crippen LogP contribution in [-0.4, -0.2) is 70.0 Å². The number of nitrogens with zero attached hydrogens (tertiary/aromatic N) is 5. The predicted octanol–water partition coefficient (Wildman–Crippen LogP) is 2.93. The van der Waals surface area contributed by atoms with Crippen molar-refractivity contribution < 1.29 is 31.8 Å². The van der Waals surface area contributed by atoms with E-state index in [4.69, 9.17) is 14.2 Å². The van der Waals surface area contributed by atoms with Gasteiger partial charge in [0.25, 0.3) is 11.6 Å². The molecule has 0 amide bonds. The number of hydrogen-bond donors (Lipinski definition) is 1. The van der Waals surface area contributed by atoms with Crippen LogP contribution in [0.25, 0.3) is 5.78 Å². The largest absolute Gasteiger partial charge is 0.491 e. The fraction of sp³-hybridized carbons (Fsp3) is 0.476. The van der Waals surface area contributed by atoms with Crippen LogP contribution in [0, 0.1) is 5.82 Å². The van der Waals surface area contributed by atoms with Crippen LogP contribution < -0.4 is 14.8 Å². The van der Waals surface area contributed by atoms with E-state index in [0.29, 0.717) is 31.0 Å². The van der Waals surface area contributed by atoms with Crippen molar-refractivity contribution in [3.63, 3.8) is 0 Å². The summed E-state index contributed by atoms with van der Waals surface area (Å²) in [6.07, 6.45) is -4.74. The van der Waals surface area contributed by atoms with Crippen LogP contribution in [0.1, 0.15) is 24.4 Å². The van der Waals surface area contributed by atoms with Crippen LogP contribution >= 0.6 is 0 Å². The molecule has 3 unspecified atom stereocenters. The number of nitrogens with one attached hydrogen (secondary N) is 1. The molecule has 0 bridgehead atoms. The van der Waals surface area contributed by atoms with Crippen molar-refractivity contribution in [2.75, 3.05) is 38.7 Å². The first-order chi connectivity index (χ1) is 16.2. The fourth-order valence-corrected chi connectivity index (χ4v) is 4.34. The highest BCUT2D eigenvalue weighted by molar-refractivity contribution is 5.52. The molecule has 13 heteroatoms. The molecule has 1 N–H and O–H groups in total. The van der Waals surface area contributed by atoms with Gasteiger partial charge in [-0.15, -0.1) is 5.10 Å². The zero-order chi connectivity index (χ0) is 24.0. The maximum Gasteiger partial charge on any atom is 0.453 e. The number of anilines is 1. The zero-order valence-electron chi connectivity index (χ0n) is 18.3. The highest BCUT2D eigenvalue weighted by Gasteiger charge is 2.39. The predicted molar refractivity (Wildman–Crippen MR) is 111 cm³/mol. The lowest BCUT2D eigenvalue weighted by Crippen LogP contribution is -2.54. The minimum Gasteiger partial charge on any atom is -0.491 e. The Morgan fingerprint density at radius 2 is 2.03 bits per heavy atom. The Kier molecular flexibility index (Phi) is 5.68. The molecular weight excluding hydrogens is 460 g/mol. The Morgan fingerprint density at radius 1 is 1.21 bits per heavy atom. The Morgan fingerprint density at radius 3 is 2.76 bits per heavy atom. The monoisotopic (exact) mass is 482 g/mol. The molecule has 0 spiro atoms. The summed E-state index contributed by atoms with van der Waals surface area (Å²) in [7, 11) is 1.36. The molecule has 1 saturated heterocycles. The quantitative estimate of drug-likeness (QED) is 0.569. The van der Waals surface area contributed by atoms with Gasteiger partial charge in [-0.3, -0.25) is 4.90 Å². The molecule has 2 aliphatic heterocycles. The smallest absolute Gasteiger partial charge is 0.453 e. The normalized spacial score (nSPS) is 23.4. The number of methoxy groups -OCH3 is 1. The summed E-state index contributed by atoms with van der Waals surface area (Å²) >= 11 is 0. The molecule has 9 nitrogen and oxygen atoms in total. The topological polar surface area (TPSA) is 86.0 Å². The second-order valence-electron chi connectivity index (χ2n) is 8.19. The van der Waals surface area contributed by atoms with Crippen molar-refractivity contribution in [2.45, 2.75) is 31.3 Å². The number of hydrogen-bond acceptors (Lipinski definition) is 8. The number of ether oxygens (including phenoxy) is 3. The number of aromatic nitrogens is 4. The summed E-state index contributed by atoms with van der Waals surface area (Å²) in [6.45, 7) is 4.03. The second kappa shape index (κ2) is 8.55. The average molecular weight is 482 g/mol. The summed E-state index contributed by atoms with van der Waals surface area (Å²) in [5, 5.41) is 6.91. The Bertz CT molecular complexity index is 1200. The van der Waals surface area contributed by atoms with E-state index in [9.17, 15) is 17.6 Å². The van der Waals surface area contributed by atoms with E-state index in [1.165, 1.54) is 25.3 Å². The third-order valence-corrected chi connectivity index (χ3v) is 5.90. The zero-order valence-corrected chi connectivity index (χ0v) is 18.3. The molecule has 0 radical (unpaired) electrons. The number of benzene rings is 1. The first kappa shape index (κ1) is 22.6. The molecule has 0 saturated carbocycles. The first-order valence-corrected chi connectivity index (χ1v) is 10.7. The highest BCUT2D eigenvalue weighted by Crippen LogP contribution is 2.38. The number of rotatable bonds is 4. The van der Waals surface area contributed by atoms with Crippen LogP contribution in [0.5, 0.6) is 11.6 Å². The van der Waals surface area contributed by atoms with E-state index in [1.54, 1.807) is 6.07 Å². The van der Waals surface area contributed by atoms with Crippen LogP contribution in [0.15, 0.2) is 24.3 Å². The van der Waals surface area contributed by atoms with E-state index in [1.807, 2.05) is 6.92 Å². The molecule has 1 aromatic carbocycles. The van der Waals surface area contributed by atoms with E-state index in [0.717, 1.165) is 4.52 Å². The van der Waals surface area contributed by atoms with Crippen LogP contribution in [0.2, 0.25) is 0 Å². The van der Waals surface area contributed by atoms with Crippen molar-refractivity contribution >= 4 is 11.6 Å². The van der Waals surface area contributed by atoms with Gasteiger partial charge in [-0.25, -0.2) is 4.39 Å². The summed E-state index contributed by atoms with van der Waals surface area (Å²) < 4.78 is 71.4. The maximum atomic E-state index is 13.9. The van der Waals surface area contributed by atoms with Crippen molar-refractivity contribution in [1.29, 1.82) is 0 Å². The van der Waals surface area contributed by atoms with Crippen molar-refractivity contribution in [3.8, 4) is 11.6 Å². The molecule has 3 atom stereocenters.